The highest BCUT2D eigenvalue weighted by Gasteiger charge is 2.21. The molecule has 1 N–H and O–H groups in total. The van der Waals surface area contributed by atoms with Crippen LogP contribution >= 0.6 is 0 Å². The summed E-state index contributed by atoms with van der Waals surface area (Å²) in [5.41, 5.74) is 0. The SMILES string of the molecule is CC(C)CC(C)N(C)CC(C)CNC1CC1. The number of hydrogen-bond acceptors (Lipinski definition) is 2. The van der Waals surface area contributed by atoms with Gasteiger partial charge in [-0.05, 0) is 51.6 Å². The van der Waals surface area contributed by atoms with E-state index in [1.54, 1.807) is 0 Å². The van der Waals surface area contributed by atoms with E-state index < -0.39 is 0 Å². The normalized spacial score (nSPS) is 20.4. The van der Waals surface area contributed by atoms with Crippen LogP contribution in [0, 0.1) is 11.8 Å². The van der Waals surface area contributed by atoms with Crippen molar-refractivity contribution in [2.75, 3.05) is 20.1 Å². The molecule has 2 atom stereocenters. The molecule has 0 saturated heterocycles. The van der Waals surface area contributed by atoms with Gasteiger partial charge < -0.3 is 10.2 Å². The highest BCUT2D eigenvalue weighted by atomic mass is 15.1. The topological polar surface area (TPSA) is 15.3 Å². The Balaban J connectivity index is 2.12. The van der Waals surface area contributed by atoms with Crippen LogP contribution in [0.4, 0.5) is 0 Å². The molecule has 0 aliphatic heterocycles. The molecule has 1 fully saturated rings. The van der Waals surface area contributed by atoms with E-state index in [2.05, 4.69) is 45.0 Å². The zero-order chi connectivity index (χ0) is 12.1. The maximum Gasteiger partial charge on any atom is 0.00683 e. The Morgan fingerprint density at radius 3 is 2.31 bits per heavy atom. The zero-order valence-electron chi connectivity index (χ0n) is 11.8. The summed E-state index contributed by atoms with van der Waals surface area (Å²) >= 11 is 0. The first-order chi connectivity index (χ1) is 7.49. The number of hydrogen-bond donors (Lipinski definition) is 1. The third-order valence-corrected chi connectivity index (χ3v) is 3.50. The first kappa shape index (κ1) is 14.0. The van der Waals surface area contributed by atoms with Crippen molar-refractivity contribution in [3.05, 3.63) is 0 Å². The van der Waals surface area contributed by atoms with E-state index >= 15 is 0 Å². The molecule has 1 saturated carbocycles. The van der Waals surface area contributed by atoms with Gasteiger partial charge in [-0.15, -0.1) is 0 Å². The van der Waals surface area contributed by atoms with Gasteiger partial charge in [0, 0.05) is 18.6 Å². The monoisotopic (exact) mass is 226 g/mol. The summed E-state index contributed by atoms with van der Waals surface area (Å²) in [6.07, 6.45) is 4.10. The molecular formula is C14H30N2. The first-order valence-electron chi connectivity index (χ1n) is 6.92. The average molecular weight is 226 g/mol. The summed E-state index contributed by atoms with van der Waals surface area (Å²) < 4.78 is 0. The molecule has 16 heavy (non-hydrogen) atoms. The first-order valence-corrected chi connectivity index (χ1v) is 6.92. The molecule has 1 rings (SSSR count). The number of rotatable bonds is 8. The minimum Gasteiger partial charge on any atom is -0.314 e. The summed E-state index contributed by atoms with van der Waals surface area (Å²) in [6, 6.07) is 1.56. The van der Waals surface area contributed by atoms with Crippen LogP contribution in [0.2, 0.25) is 0 Å². The van der Waals surface area contributed by atoms with Gasteiger partial charge in [-0.3, -0.25) is 0 Å². The van der Waals surface area contributed by atoms with Crippen LogP contribution in [-0.2, 0) is 0 Å². The minimum atomic E-state index is 0.711. The number of nitrogens with one attached hydrogen (secondary N) is 1. The fourth-order valence-corrected chi connectivity index (χ4v) is 2.25. The molecule has 0 spiro atoms. The molecule has 0 aromatic carbocycles. The van der Waals surface area contributed by atoms with Gasteiger partial charge in [-0.1, -0.05) is 20.8 Å². The second-order valence-corrected chi connectivity index (χ2v) is 6.21. The fraction of sp³-hybridized carbons (Fsp3) is 1.00. The third kappa shape index (κ3) is 5.86. The second kappa shape index (κ2) is 6.61. The fourth-order valence-electron chi connectivity index (χ4n) is 2.25. The van der Waals surface area contributed by atoms with Crippen molar-refractivity contribution >= 4 is 0 Å². The summed E-state index contributed by atoms with van der Waals surface area (Å²) in [5.74, 6) is 1.57. The highest BCUT2D eigenvalue weighted by Crippen LogP contribution is 2.19. The maximum absolute atomic E-state index is 3.61. The van der Waals surface area contributed by atoms with Crippen LogP contribution in [0.3, 0.4) is 0 Å². The molecule has 2 unspecified atom stereocenters. The van der Waals surface area contributed by atoms with Gasteiger partial charge in [0.05, 0.1) is 0 Å². The second-order valence-electron chi connectivity index (χ2n) is 6.21. The van der Waals surface area contributed by atoms with E-state index in [4.69, 9.17) is 0 Å². The zero-order valence-corrected chi connectivity index (χ0v) is 11.8. The van der Waals surface area contributed by atoms with Crippen molar-refractivity contribution in [1.29, 1.82) is 0 Å². The Morgan fingerprint density at radius 2 is 1.81 bits per heavy atom. The molecule has 2 nitrogen and oxygen atoms in total. The lowest BCUT2D eigenvalue weighted by Crippen LogP contribution is -2.37. The predicted molar refractivity (Wildman–Crippen MR) is 71.7 cm³/mol. The van der Waals surface area contributed by atoms with E-state index in [0.717, 1.165) is 17.9 Å². The van der Waals surface area contributed by atoms with Gasteiger partial charge in [-0.25, -0.2) is 0 Å². The lowest BCUT2D eigenvalue weighted by molar-refractivity contribution is 0.199. The smallest absolute Gasteiger partial charge is 0.00683 e. The average Bonchev–Trinajstić information content (AvgIpc) is 2.96. The van der Waals surface area contributed by atoms with Gasteiger partial charge >= 0.3 is 0 Å². The van der Waals surface area contributed by atoms with Crippen LogP contribution in [0.5, 0.6) is 0 Å². The summed E-state index contributed by atoms with van der Waals surface area (Å²) in [5, 5.41) is 3.61. The van der Waals surface area contributed by atoms with Gasteiger partial charge in [0.2, 0.25) is 0 Å². The van der Waals surface area contributed by atoms with E-state index in [1.165, 1.54) is 32.4 Å². The van der Waals surface area contributed by atoms with Crippen molar-refractivity contribution in [2.45, 2.75) is 59.0 Å². The Kier molecular flexibility index (Phi) is 5.77. The lowest BCUT2D eigenvalue weighted by atomic mass is 10.0. The molecular weight excluding hydrogens is 196 g/mol. The van der Waals surface area contributed by atoms with Crippen molar-refractivity contribution < 1.29 is 0 Å². The molecule has 0 amide bonds. The summed E-state index contributed by atoms with van der Waals surface area (Å²) in [4.78, 5) is 2.51. The molecule has 0 aromatic rings. The summed E-state index contributed by atoms with van der Waals surface area (Å²) in [7, 11) is 2.26. The maximum atomic E-state index is 3.61. The van der Waals surface area contributed by atoms with E-state index in [9.17, 15) is 0 Å². The lowest BCUT2D eigenvalue weighted by Gasteiger charge is -2.28. The third-order valence-electron chi connectivity index (χ3n) is 3.50. The van der Waals surface area contributed by atoms with Gasteiger partial charge in [0.15, 0.2) is 0 Å². The Morgan fingerprint density at radius 1 is 1.19 bits per heavy atom. The largest absolute Gasteiger partial charge is 0.314 e. The predicted octanol–water partition coefficient (Wildman–Crippen LogP) is 2.74. The molecule has 0 heterocycles. The van der Waals surface area contributed by atoms with Crippen molar-refractivity contribution in [3.63, 3.8) is 0 Å². The molecule has 0 aromatic heterocycles. The van der Waals surface area contributed by atoms with Gasteiger partial charge in [0.25, 0.3) is 0 Å². The van der Waals surface area contributed by atoms with Crippen LogP contribution in [0.15, 0.2) is 0 Å². The van der Waals surface area contributed by atoms with Crippen LogP contribution < -0.4 is 5.32 Å². The molecule has 96 valence electrons. The molecule has 0 bridgehead atoms. The number of nitrogens with zero attached hydrogens (tertiary/aromatic N) is 1. The van der Waals surface area contributed by atoms with E-state index in [1.807, 2.05) is 0 Å². The van der Waals surface area contributed by atoms with Gasteiger partial charge in [-0.2, -0.15) is 0 Å². The quantitative estimate of drug-likeness (QED) is 0.684. The van der Waals surface area contributed by atoms with Crippen molar-refractivity contribution in [2.24, 2.45) is 11.8 Å². The van der Waals surface area contributed by atoms with Crippen molar-refractivity contribution in [3.8, 4) is 0 Å². The molecule has 1 aliphatic carbocycles. The van der Waals surface area contributed by atoms with Crippen LogP contribution in [0.1, 0.15) is 47.0 Å². The van der Waals surface area contributed by atoms with Gasteiger partial charge in [0.1, 0.15) is 0 Å². The Labute approximate surface area is 102 Å². The Bertz CT molecular complexity index is 187. The van der Waals surface area contributed by atoms with Crippen molar-refractivity contribution in [1.82, 2.24) is 10.2 Å². The van der Waals surface area contributed by atoms with Crippen LogP contribution in [0.25, 0.3) is 0 Å². The van der Waals surface area contributed by atoms with Crippen LogP contribution in [-0.4, -0.2) is 37.1 Å². The highest BCUT2D eigenvalue weighted by molar-refractivity contribution is 4.81. The standard InChI is InChI=1S/C14H30N2/c1-11(2)8-13(4)16(5)10-12(3)9-15-14-6-7-14/h11-15H,6-10H2,1-5H3. The molecule has 1 aliphatic rings. The molecule has 2 heteroatoms. The molecule has 0 radical (unpaired) electrons. The summed E-state index contributed by atoms with van der Waals surface area (Å²) in [6.45, 7) is 11.7. The Hall–Kier alpha value is -0.0800. The van der Waals surface area contributed by atoms with E-state index in [0.29, 0.717) is 6.04 Å². The van der Waals surface area contributed by atoms with E-state index in [-0.39, 0.29) is 0 Å². The minimum absolute atomic E-state index is 0.711.